The number of aliphatic hydroxyl groups is 1. The molecule has 0 bridgehead atoms. The van der Waals surface area contributed by atoms with Gasteiger partial charge in [0.05, 0.1) is 0 Å². The molecule has 72 valence electrons. The zero-order chi connectivity index (χ0) is 9.97. The van der Waals surface area contributed by atoms with Crippen molar-refractivity contribution in [2.24, 2.45) is 0 Å². The van der Waals surface area contributed by atoms with Crippen molar-refractivity contribution in [1.29, 1.82) is 0 Å². The van der Waals surface area contributed by atoms with Crippen LogP contribution in [0.3, 0.4) is 0 Å². The van der Waals surface area contributed by atoms with Crippen LogP contribution < -0.4 is 5.73 Å². The largest absolute Gasteiger partial charge is 0.398 e. The van der Waals surface area contributed by atoms with Gasteiger partial charge in [0.15, 0.2) is 0 Å². The van der Waals surface area contributed by atoms with E-state index in [0.29, 0.717) is 17.1 Å². The highest BCUT2D eigenvalue weighted by atomic mass is 16.5. The van der Waals surface area contributed by atoms with Gasteiger partial charge in [-0.1, -0.05) is 17.3 Å². The SMILES string of the molecule is Nc1ccccc1-c1noc(CO)n1. The standard InChI is InChI=1S/C9H9N3O2/c10-7-4-2-1-3-6(7)9-11-8(5-13)14-12-9/h1-4,13H,5,10H2. The first kappa shape index (κ1) is 8.71. The fourth-order valence-electron chi connectivity index (χ4n) is 1.13. The molecular weight excluding hydrogens is 182 g/mol. The van der Waals surface area contributed by atoms with Crippen LogP contribution in [0.4, 0.5) is 5.69 Å². The fraction of sp³-hybridized carbons (Fsp3) is 0.111. The van der Waals surface area contributed by atoms with Gasteiger partial charge in [0, 0.05) is 11.3 Å². The van der Waals surface area contributed by atoms with Crippen molar-refractivity contribution in [3.8, 4) is 11.4 Å². The smallest absolute Gasteiger partial charge is 0.252 e. The summed E-state index contributed by atoms with van der Waals surface area (Å²) in [4.78, 5) is 3.95. The molecule has 0 amide bonds. The first-order valence-corrected chi connectivity index (χ1v) is 4.09. The molecule has 1 aromatic carbocycles. The Bertz CT molecular complexity index is 439. The maximum atomic E-state index is 8.74. The molecule has 0 aliphatic carbocycles. The second-order valence-electron chi connectivity index (χ2n) is 2.76. The molecule has 2 aromatic rings. The number of aromatic nitrogens is 2. The van der Waals surface area contributed by atoms with E-state index in [1.54, 1.807) is 12.1 Å². The number of nitrogens with zero attached hydrogens (tertiary/aromatic N) is 2. The summed E-state index contributed by atoms with van der Waals surface area (Å²) in [5.41, 5.74) is 7.00. The zero-order valence-electron chi connectivity index (χ0n) is 7.34. The predicted molar refractivity (Wildman–Crippen MR) is 50.1 cm³/mol. The lowest BCUT2D eigenvalue weighted by Crippen LogP contribution is -1.90. The van der Waals surface area contributed by atoms with E-state index < -0.39 is 0 Å². The van der Waals surface area contributed by atoms with Crippen LogP contribution in [0.15, 0.2) is 28.8 Å². The number of rotatable bonds is 2. The fourth-order valence-corrected chi connectivity index (χ4v) is 1.13. The van der Waals surface area contributed by atoms with Crippen molar-refractivity contribution in [1.82, 2.24) is 10.1 Å². The summed E-state index contributed by atoms with van der Waals surface area (Å²) in [7, 11) is 0. The number of nitrogens with two attached hydrogens (primary N) is 1. The zero-order valence-corrected chi connectivity index (χ0v) is 7.34. The Morgan fingerprint density at radius 2 is 2.14 bits per heavy atom. The van der Waals surface area contributed by atoms with Crippen LogP contribution in [0.5, 0.6) is 0 Å². The normalized spacial score (nSPS) is 10.4. The molecule has 1 heterocycles. The highest BCUT2D eigenvalue weighted by Gasteiger charge is 2.09. The number of nitrogen functional groups attached to an aromatic ring is 1. The van der Waals surface area contributed by atoms with Crippen LogP contribution in [0, 0.1) is 0 Å². The minimum absolute atomic E-state index is 0.184. The van der Waals surface area contributed by atoms with Crippen LogP contribution in [0.2, 0.25) is 0 Å². The molecule has 5 nitrogen and oxygen atoms in total. The Labute approximate surface area is 80.2 Å². The van der Waals surface area contributed by atoms with Gasteiger partial charge in [-0.3, -0.25) is 0 Å². The van der Waals surface area contributed by atoms with Crippen LogP contribution in [-0.2, 0) is 6.61 Å². The van der Waals surface area contributed by atoms with Crippen molar-refractivity contribution >= 4 is 5.69 Å². The average Bonchev–Trinajstić information content (AvgIpc) is 2.67. The Kier molecular flexibility index (Phi) is 2.16. The van der Waals surface area contributed by atoms with Gasteiger partial charge in [-0.25, -0.2) is 0 Å². The number of benzene rings is 1. The Balaban J connectivity index is 2.44. The number of para-hydroxylation sites is 1. The molecule has 14 heavy (non-hydrogen) atoms. The van der Waals surface area contributed by atoms with E-state index >= 15 is 0 Å². The van der Waals surface area contributed by atoms with Crippen molar-refractivity contribution in [3.63, 3.8) is 0 Å². The summed E-state index contributed by atoms with van der Waals surface area (Å²) >= 11 is 0. The maximum Gasteiger partial charge on any atom is 0.252 e. The third-order valence-corrected chi connectivity index (χ3v) is 1.81. The number of hydrogen-bond acceptors (Lipinski definition) is 5. The Morgan fingerprint density at radius 1 is 1.36 bits per heavy atom. The molecule has 0 saturated carbocycles. The van der Waals surface area contributed by atoms with Crippen molar-refractivity contribution in [2.45, 2.75) is 6.61 Å². The second kappa shape index (κ2) is 3.47. The molecule has 0 saturated heterocycles. The molecule has 0 aliphatic heterocycles. The number of anilines is 1. The molecule has 0 unspecified atom stereocenters. The Morgan fingerprint density at radius 3 is 2.79 bits per heavy atom. The molecule has 0 radical (unpaired) electrons. The van der Waals surface area contributed by atoms with Crippen molar-refractivity contribution in [3.05, 3.63) is 30.2 Å². The minimum atomic E-state index is -0.264. The first-order valence-electron chi connectivity index (χ1n) is 4.09. The molecule has 5 heteroatoms. The van der Waals surface area contributed by atoms with Gasteiger partial charge in [-0.05, 0) is 12.1 Å². The minimum Gasteiger partial charge on any atom is -0.398 e. The highest BCUT2D eigenvalue weighted by Crippen LogP contribution is 2.22. The summed E-state index contributed by atoms with van der Waals surface area (Å²) in [6.45, 7) is -0.264. The summed E-state index contributed by atoms with van der Waals surface area (Å²) in [6.07, 6.45) is 0. The molecule has 0 fully saturated rings. The summed E-state index contributed by atoms with van der Waals surface area (Å²) in [6, 6.07) is 7.21. The highest BCUT2D eigenvalue weighted by molar-refractivity contribution is 5.70. The molecule has 0 spiro atoms. The van der Waals surface area contributed by atoms with Crippen molar-refractivity contribution in [2.75, 3.05) is 5.73 Å². The molecule has 1 aromatic heterocycles. The van der Waals surface area contributed by atoms with Crippen molar-refractivity contribution < 1.29 is 9.63 Å². The number of hydrogen-bond donors (Lipinski definition) is 2. The van der Waals surface area contributed by atoms with Crippen LogP contribution in [0.1, 0.15) is 5.89 Å². The van der Waals surface area contributed by atoms with Gasteiger partial charge in [-0.15, -0.1) is 0 Å². The third kappa shape index (κ3) is 1.45. The quantitative estimate of drug-likeness (QED) is 0.686. The van der Waals surface area contributed by atoms with E-state index in [1.807, 2.05) is 12.1 Å². The van der Waals surface area contributed by atoms with E-state index in [9.17, 15) is 0 Å². The molecule has 0 atom stereocenters. The molecule has 0 aliphatic rings. The van der Waals surface area contributed by atoms with Gasteiger partial charge < -0.3 is 15.4 Å². The first-order chi connectivity index (χ1) is 6.81. The molecule has 2 rings (SSSR count). The van der Waals surface area contributed by atoms with Gasteiger partial charge in [0.1, 0.15) is 6.61 Å². The van der Waals surface area contributed by atoms with Gasteiger partial charge in [0.2, 0.25) is 5.82 Å². The summed E-state index contributed by atoms with van der Waals surface area (Å²) in [5, 5.41) is 12.4. The lowest BCUT2D eigenvalue weighted by atomic mass is 10.2. The van der Waals surface area contributed by atoms with E-state index in [-0.39, 0.29) is 12.5 Å². The second-order valence-corrected chi connectivity index (χ2v) is 2.76. The molecular formula is C9H9N3O2. The summed E-state index contributed by atoms with van der Waals surface area (Å²) in [5.74, 6) is 0.579. The van der Waals surface area contributed by atoms with E-state index in [4.69, 9.17) is 15.4 Å². The van der Waals surface area contributed by atoms with Crippen LogP contribution in [0.25, 0.3) is 11.4 Å². The van der Waals surface area contributed by atoms with E-state index in [1.165, 1.54) is 0 Å². The third-order valence-electron chi connectivity index (χ3n) is 1.81. The average molecular weight is 191 g/mol. The van der Waals surface area contributed by atoms with E-state index in [2.05, 4.69) is 10.1 Å². The maximum absolute atomic E-state index is 8.74. The Hall–Kier alpha value is -1.88. The predicted octanol–water partition coefficient (Wildman–Crippen LogP) is 0.811. The van der Waals surface area contributed by atoms with Crippen LogP contribution in [-0.4, -0.2) is 15.2 Å². The monoisotopic (exact) mass is 191 g/mol. The molecule has 3 N–H and O–H groups in total. The van der Waals surface area contributed by atoms with Gasteiger partial charge >= 0.3 is 0 Å². The van der Waals surface area contributed by atoms with E-state index in [0.717, 1.165) is 0 Å². The lowest BCUT2D eigenvalue weighted by molar-refractivity contribution is 0.222. The van der Waals surface area contributed by atoms with Gasteiger partial charge in [0.25, 0.3) is 5.89 Å². The lowest BCUT2D eigenvalue weighted by Gasteiger charge is -1.97. The topological polar surface area (TPSA) is 85.2 Å². The summed E-state index contributed by atoms with van der Waals surface area (Å²) < 4.78 is 4.76. The van der Waals surface area contributed by atoms with Gasteiger partial charge in [-0.2, -0.15) is 4.98 Å². The van der Waals surface area contributed by atoms with Crippen LogP contribution >= 0.6 is 0 Å². The number of aliphatic hydroxyl groups excluding tert-OH is 1.